The summed E-state index contributed by atoms with van der Waals surface area (Å²) in [6.07, 6.45) is 1.92. The number of fused-ring (bicyclic) bond motifs is 1. The molecule has 102 valence electrons. The van der Waals surface area contributed by atoms with Crippen LogP contribution in [-0.4, -0.2) is 22.3 Å². The van der Waals surface area contributed by atoms with Gasteiger partial charge in [-0.3, -0.25) is 4.79 Å². The second-order valence-corrected chi connectivity index (χ2v) is 5.04. The van der Waals surface area contributed by atoms with Crippen molar-refractivity contribution >= 4 is 11.7 Å². The summed E-state index contributed by atoms with van der Waals surface area (Å²) in [6.45, 7) is 1.27. The van der Waals surface area contributed by atoms with E-state index in [0.717, 1.165) is 36.2 Å². The number of anilines is 1. The molecule has 2 heterocycles. The normalized spacial score (nSPS) is 14.8. The summed E-state index contributed by atoms with van der Waals surface area (Å²) >= 11 is 0. The standard InChI is InChI=1S/C16H17N3O/c17-15-9-3-7-13(18-15)11-19-10-4-6-12-5-1-2-8-14(12)16(19)20/h1-3,5,7-9H,4,6,10-11H2,(H2,17,18). The molecule has 1 aliphatic rings. The molecule has 0 fully saturated rings. The van der Waals surface area contributed by atoms with Gasteiger partial charge in [0.2, 0.25) is 0 Å². The zero-order valence-electron chi connectivity index (χ0n) is 11.2. The Morgan fingerprint density at radius 1 is 1.15 bits per heavy atom. The lowest BCUT2D eigenvalue weighted by molar-refractivity contribution is 0.0747. The van der Waals surface area contributed by atoms with Gasteiger partial charge in [-0.05, 0) is 36.6 Å². The van der Waals surface area contributed by atoms with Crippen LogP contribution in [0.4, 0.5) is 5.82 Å². The Hall–Kier alpha value is -2.36. The van der Waals surface area contributed by atoms with Crippen LogP contribution in [0, 0.1) is 0 Å². The zero-order valence-corrected chi connectivity index (χ0v) is 11.2. The Labute approximate surface area is 118 Å². The first-order valence-electron chi connectivity index (χ1n) is 6.82. The summed E-state index contributed by atoms with van der Waals surface area (Å²) in [5.41, 5.74) is 8.48. The summed E-state index contributed by atoms with van der Waals surface area (Å²) in [4.78, 5) is 18.7. The molecule has 0 atom stereocenters. The SMILES string of the molecule is Nc1cccc(CN2CCCc3ccccc3C2=O)n1. The van der Waals surface area contributed by atoms with Gasteiger partial charge >= 0.3 is 0 Å². The number of nitrogens with zero attached hydrogens (tertiary/aromatic N) is 2. The number of carbonyl (C=O) groups is 1. The summed E-state index contributed by atoms with van der Waals surface area (Å²) in [5, 5.41) is 0. The molecule has 1 amide bonds. The van der Waals surface area contributed by atoms with Crippen LogP contribution in [0.1, 0.15) is 28.0 Å². The third kappa shape index (κ3) is 2.50. The van der Waals surface area contributed by atoms with Crippen molar-refractivity contribution in [1.82, 2.24) is 9.88 Å². The zero-order chi connectivity index (χ0) is 13.9. The number of hydrogen-bond acceptors (Lipinski definition) is 3. The first-order valence-corrected chi connectivity index (χ1v) is 6.82. The second-order valence-electron chi connectivity index (χ2n) is 5.04. The highest BCUT2D eigenvalue weighted by Gasteiger charge is 2.22. The Kier molecular flexibility index (Phi) is 3.37. The van der Waals surface area contributed by atoms with Gasteiger partial charge < -0.3 is 10.6 Å². The first kappa shape index (κ1) is 12.7. The van der Waals surface area contributed by atoms with Gasteiger partial charge in [0.1, 0.15) is 5.82 Å². The third-order valence-corrected chi connectivity index (χ3v) is 3.59. The van der Waals surface area contributed by atoms with Gasteiger partial charge in [-0.25, -0.2) is 4.98 Å². The minimum Gasteiger partial charge on any atom is -0.384 e. The van der Waals surface area contributed by atoms with E-state index in [-0.39, 0.29) is 5.91 Å². The van der Waals surface area contributed by atoms with E-state index < -0.39 is 0 Å². The third-order valence-electron chi connectivity index (χ3n) is 3.59. The Bertz CT molecular complexity index is 639. The molecule has 2 N–H and O–H groups in total. The number of aromatic nitrogens is 1. The summed E-state index contributed by atoms with van der Waals surface area (Å²) in [7, 11) is 0. The van der Waals surface area contributed by atoms with E-state index in [4.69, 9.17) is 5.73 Å². The smallest absolute Gasteiger partial charge is 0.254 e. The fourth-order valence-corrected chi connectivity index (χ4v) is 2.61. The van der Waals surface area contributed by atoms with Crippen molar-refractivity contribution < 1.29 is 4.79 Å². The van der Waals surface area contributed by atoms with Crippen molar-refractivity contribution in [2.24, 2.45) is 0 Å². The molecular formula is C16H17N3O. The van der Waals surface area contributed by atoms with Crippen molar-refractivity contribution in [1.29, 1.82) is 0 Å². The number of pyridine rings is 1. The number of rotatable bonds is 2. The minimum absolute atomic E-state index is 0.0855. The molecule has 4 nitrogen and oxygen atoms in total. The molecule has 0 saturated heterocycles. The highest BCUT2D eigenvalue weighted by molar-refractivity contribution is 5.96. The molecule has 0 spiro atoms. The van der Waals surface area contributed by atoms with Gasteiger partial charge in [0.15, 0.2) is 0 Å². The van der Waals surface area contributed by atoms with Crippen LogP contribution in [0.25, 0.3) is 0 Å². The molecule has 3 rings (SSSR count). The van der Waals surface area contributed by atoms with E-state index in [2.05, 4.69) is 4.98 Å². The maximum Gasteiger partial charge on any atom is 0.254 e. The second kappa shape index (κ2) is 5.33. The number of hydrogen-bond donors (Lipinski definition) is 1. The fourth-order valence-electron chi connectivity index (χ4n) is 2.61. The number of nitrogen functional groups attached to an aromatic ring is 1. The van der Waals surface area contributed by atoms with Crippen molar-refractivity contribution in [2.45, 2.75) is 19.4 Å². The van der Waals surface area contributed by atoms with Crippen LogP contribution in [0.5, 0.6) is 0 Å². The largest absolute Gasteiger partial charge is 0.384 e. The predicted molar refractivity (Wildman–Crippen MR) is 78.2 cm³/mol. The molecule has 1 aromatic carbocycles. The molecule has 2 aromatic rings. The van der Waals surface area contributed by atoms with E-state index in [1.165, 1.54) is 0 Å². The van der Waals surface area contributed by atoms with Gasteiger partial charge in [0.25, 0.3) is 5.91 Å². The van der Waals surface area contributed by atoms with Crippen LogP contribution in [0.3, 0.4) is 0 Å². The molecule has 0 bridgehead atoms. The van der Waals surface area contributed by atoms with E-state index in [0.29, 0.717) is 12.4 Å². The average molecular weight is 267 g/mol. The number of aryl methyl sites for hydroxylation is 1. The van der Waals surface area contributed by atoms with Crippen molar-refractivity contribution in [2.75, 3.05) is 12.3 Å². The van der Waals surface area contributed by atoms with E-state index >= 15 is 0 Å². The lowest BCUT2D eigenvalue weighted by atomic mass is 10.0. The first-order chi connectivity index (χ1) is 9.74. The fraction of sp³-hybridized carbons (Fsp3) is 0.250. The van der Waals surface area contributed by atoms with Crippen LogP contribution in [0.2, 0.25) is 0 Å². The van der Waals surface area contributed by atoms with Gasteiger partial charge in [-0.15, -0.1) is 0 Å². The summed E-state index contributed by atoms with van der Waals surface area (Å²) in [5.74, 6) is 0.576. The average Bonchev–Trinajstić information content (AvgIpc) is 2.60. The Morgan fingerprint density at radius 3 is 2.85 bits per heavy atom. The minimum atomic E-state index is 0.0855. The van der Waals surface area contributed by atoms with Crippen molar-refractivity contribution in [3.63, 3.8) is 0 Å². The highest BCUT2D eigenvalue weighted by Crippen LogP contribution is 2.19. The molecule has 0 unspecified atom stereocenters. The van der Waals surface area contributed by atoms with Crippen LogP contribution < -0.4 is 5.73 Å². The molecule has 1 aromatic heterocycles. The molecule has 0 aliphatic carbocycles. The van der Waals surface area contributed by atoms with Crippen molar-refractivity contribution in [3.8, 4) is 0 Å². The highest BCUT2D eigenvalue weighted by atomic mass is 16.2. The lowest BCUT2D eigenvalue weighted by Crippen LogP contribution is -2.30. The monoisotopic (exact) mass is 267 g/mol. The van der Waals surface area contributed by atoms with E-state index in [9.17, 15) is 4.79 Å². The number of benzene rings is 1. The molecule has 0 radical (unpaired) electrons. The topological polar surface area (TPSA) is 59.2 Å². The van der Waals surface area contributed by atoms with E-state index in [1.807, 2.05) is 41.3 Å². The number of amides is 1. The maximum absolute atomic E-state index is 12.6. The molecule has 4 heteroatoms. The van der Waals surface area contributed by atoms with Gasteiger partial charge in [0, 0.05) is 12.1 Å². The Morgan fingerprint density at radius 2 is 2.00 bits per heavy atom. The molecule has 1 aliphatic heterocycles. The number of carbonyl (C=O) groups excluding carboxylic acids is 1. The summed E-state index contributed by atoms with van der Waals surface area (Å²) in [6, 6.07) is 13.4. The quantitative estimate of drug-likeness (QED) is 0.908. The van der Waals surface area contributed by atoms with Crippen LogP contribution in [0.15, 0.2) is 42.5 Å². The van der Waals surface area contributed by atoms with Gasteiger partial charge in [-0.2, -0.15) is 0 Å². The number of nitrogens with two attached hydrogens (primary N) is 1. The van der Waals surface area contributed by atoms with Gasteiger partial charge in [0.05, 0.1) is 12.2 Å². The maximum atomic E-state index is 12.6. The van der Waals surface area contributed by atoms with E-state index in [1.54, 1.807) is 6.07 Å². The van der Waals surface area contributed by atoms with Gasteiger partial charge in [-0.1, -0.05) is 24.3 Å². The molecule has 0 saturated carbocycles. The molecular weight excluding hydrogens is 250 g/mol. The lowest BCUT2D eigenvalue weighted by Gasteiger charge is -2.20. The van der Waals surface area contributed by atoms with Crippen LogP contribution >= 0.6 is 0 Å². The Balaban J connectivity index is 1.86. The predicted octanol–water partition coefficient (Wildman–Crippen LogP) is 2.25. The van der Waals surface area contributed by atoms with Crippen LogP contribution in [-0.2, 0) is 13.0 Å². The molecule has 20 heavy (non-hydrogen) atoms. The summed E-state index contributed by atoms with van der Waals surface area (Å²) < 4.78 is 0. The van der Waals surface area contributed by atoms with Crippen molar-refractivity contribution in [3.05, 3.63) is 59.3 Å².